The van der Waals surface area contributed by atoms with Crippen molar-refractivity contribution in [2.24, 2.45) is 0 Å². The number of nitrogens with one attached hydrogen (secondary N) is 1. The highest BCUT2D eigenvalue weighted by Gasteiger charge is 2.38. The Balaban J connectivity index is 2.08. The molecule has 0 bridgehead atoms. The van der Waals surface area contributed by atoms with Gasteiger partial charge in [0.05, 0.1) is 17.6 Å². The van der Waals surface area contributed by atoms with Gasteiger partial charge in [0.25, 0.3) is 5.91 Å². The summed E-state index contributed by atoms with van der Waals surface area (Å²) in [6, 6.07) is 4.38. The molecule has 0 fully saturated rings. The lowest BCUT2D eigenvalue weighted by molar-refractivity contribution is -0.201. The van der Waals surface area contributed by atoms with Crippen LogP contribution in [-0.2, 0) is 0 Å². The number of fused-ring (bicyclic) bond motifs is 1. The summed E-state index contributed by atoms with van der Waals surface area (Å²) >= 11 is 0. The molecular formula is C12H10F3N3O2. The Morgan fingerprint density at radius 3 is 2.55 bits per heavy atom. The molecule has 0 aliphatic carbocycles. The Hall–Kier alpha value is -2.22. The predicted molar refractivity (Wildman–Crippen MR) is 63.9 cm³/mol. The summed E-state index contributed by atoms with van der Waals surface area (Å²) in [5, 5.41) is 10.8. The molecule has 0 saturated heterocycles. The molecule has 2 rings (SSSR count). The third-order valence-electron chi connectivity index (χ3n) is 2.57. The fourth-order valence-corrected chi connectivity index (χ4v) is 1.51. The number of aliphatic hydroxyl groups excluding tert-OH is 1. The molecule has 0 radical (unpaired) electrons. The van der Waals surface area contributed by atoms with Crippen molar-refractivity contribution in [1.29, 1.82) is 0 Å². The van der Waals surface area contributed by atoms with Gasteiger partial charge in [-0.25, -0.2) is 0 Å². The second-order valence-corrected chi connectivity index (χ2v) is 4.03. The minimum atomic E-state index is -4.76. The Morgan fingerprint density at radius 1 is 1.25 bits per heavy atom. The van der Waals surface area contributed by atoms with E-state index in [9.17, 15) is 18.0 Å². The highest BCUT2D eigenvalue weighted by Crippen LogP contribution is 2.19. The number of aliphatic hydroxyl groups is 1. The van der Waals surface area contributed by atoms with Gasteiger partial charge in [0.2, 0.25) is 0 Å². The molecule has 1 atom stereocenters. The highest BCUT2D eigenvalue weighted by atomic mass is 19.4. The van der Waals surface area contributed by atoms with Gasteiger partial charge in [-0.3, -0.25) is 14.8 Å². The Kier molecular flexibility index (Phi) is 3.84. The first kappa shape index (κ1) is 14.2. The number of carbonyl (C=O) groups is 1. The highest BCUT2D eigenvalue weighted by molar-refractivity contribution is 5.97. The summed E-state index contributed by atoms with van der Waals surface area (Å²) in [7, 11) is 0. The quantitative estimate of drug-likeness (QED) is 0.891. The normalized spacial score (nSPS) is 13.2. The van der Waals surface area contributed by atoms with Gasteiger partial charge < -0.3 is 10.4 Å². The first-order valence-electron chi connectivity index (χ1n) is 5.61. The van der Waals surface area contributed by atoms with Crippen LogP contribution in [0.25, 0.3) is 11.0 Å². The van der Waals surface area contributed by atoms with Gasteiger partial charge in [0.15, 0.2) is 6.10 Å². The van der Waals surface area contributed by atoms with Crippen LogP contribution in [0.4, 0.5) is 13.2 Å². The van der Waals surface area contributed by atoms with E-state index in [0.717, 1.165) is 0 Å². The van der Waals surface area contributed by atoms with E-state index in [-0.39, 0.29) is 5.56 Å². The molecule has 1 aromatic heterocycles. The molecule has 0 aliphatic rings. The molecule has 1 aromatic carbocycles. The summed E-state index contributed by atoms with van der Waals surface area (Å²) in [4.78, 5) is 19.7. The van der Waals surface area contributed by atoms with Crippen molar-refractivity contribution in [3.63, 3.8) is 0 Å². The van der Waals surface area contributed by atoms with Crippen LogP contribution < -0.4 is 5.32 Å². The van der Waals surface area contributed by atoms with Crippen molar-refractivity contribution >= 4 is 16.9 Å². The van der Waals surface area contributed by atoms with Crippen molar-refractivity contribution < 1.29 is 23.1 Å². The molecule has 1 unspecified atom stereocenters. The van der Waals surface area contributed by atoms with Gasteiger partial charge in [0.1, 0.15) is 0 Å². The number of amides is 1. The molecule has 5 nitrogen and oxygen atoms in total. The van der Waals surface area contributed by atoms with Crippen molar-refractivity contribution in [2.75, 3.05) is 6.54 Å². The number of benzene rings is 1. The van der Waals surface area contributed by atoms with E-state index in [4.69, 9.17) is 5.11 Å². The van der Waals surface area contributed by atoms with E-state index in [1.165, 1.54) is 30.6 Å². The average Bonchev–Trinajstić information content (AvgIpc) is 2.42. The number of aromatic nitrogens is 2. The maximum atomic E-state index is 12.1. The fourth-order valence-electron chi connectivity index (χ4n) is 1.51. The van der Waals surface area contributed by atoms with Crippen LogP contribution in [0, 0.1) is 0 Å². The van der Waals surface area contributed by atoms with Crippen LogP contribution in [0.15, 0.2) is 30.6 Å². The number of halogens is 3. The molecule has 0 spiro atoms. The van der Waals surface area contributed by atoms with E-state index in [1.807, 2.05) is 5.32 Å². The zero-order chi connectivity index (χ0) is 14.8. The second kappa shape index (κ2) is 5.41. The summed E-state index contributed by atoms with van der Waals surface area (Å²) < 4.78 is 36.3. The fraction of sp³-hybridized carbons (Fsp3) is 0.250. The van der Waals surface area contributed by atoms with Crippen molar-refractivity contribution in [1.82, 2.24) is 15.3 Å². The molecule has 20 heavy (non-hydrogen) atoms. The minimum absolute atomic E-state index is 0.146. The average molecular weight is 285 g/mol. The SMILES string of the molecule is O=C(NCC(O)C(F)(F)F)c1ccc2nccnc2c1. The van der Waals surface area contributed by atoms with E-state index >= 15 is 0 Å². The van der Waals surface area contributed by atoms with Gasteiger partial charge in [-0.15, -0.1) is 0 Å². The van der Waals surface area contributed by atoms with Gasteiger partial charge in [-0.05, 0) is 18.2 Å². The Labute approximate surface area is 111 Å². The number of carbonyl (C=O) groups excluding carboxylic acids is 1. The molecule has 0 aliphatic heterocycles. The zero-order valence-corrected chi connectivity index (χ0v) is 10.1. The monoisotopic (exact) mass is 285 g/mol. The summed E-state index contributed by atoms with van der Waals surface area (Å²) in [5.74, 6) is -0.721. The topological polar surface area (TPSA) is 75.1 Å². The van der Waals surface area contributed by atoms with Crippen LogP contribution in [0.1, 0.15) is 10.4 Å². The third kappa shape index (κ3) is 3.21. The lowest BCUT2D eigenvalue weighted by Gasteiger charge is -2.15. The number of hydrogen-bond donors (Lipinski definition) is 2. The smallest absolute Gasteiger partial charge is 0.382 e. The zero-order valence-electron chi connectivity index (χ0n) is 10.1. The Morgan fingerprint density at radius 2 is 1.90 bits per heavy atom. The standard InChI is InChI=1S/C12H10F3N3O2/c13-12(14,15)10(19)6-18-11(20)7-1-2-8-9(5-7)17-4-3-16-8/h1-5,10,19H,6H2,(H,18,20). The molecule has 8 heteroatoms. The van der Waals surface area contributed by atoms with Gasteiger partial charge in [0, 0.05) is 18.0 Å². The Bertz CT molecular complexity index is 631. The predicted octanol–water partition coefficient (Wildman–Crippen LogP) is 1.28. The van der Waals surface area contributed by atoms with E-state index < -0.39 is 24.7 Å². The number of nitrogens with zero attached hydrogens (tertiary/aromatic N) is 2. The third-order valence-corrected chi connectivity index (χ3v) is 2.57. The first-order chi connectivity index (χ1) is 9.38. The van der Waals surface area contributed by atoms with Gasteiger partial charge in [-0.2, -0.15) is 13.2 Å². The largest absolute Gasteiger partial charge is 0.416 e. The molecular weight excluding hydrogens is 275 g/mol. The lowest BCUT2D eigenvalue weighted by Crippen LogP contribution is -2.40. The maximum absolute atomic E-state index is 12.1. The van der Waals surface area contributed by atoms with E-state index in [2.05, 4.69) is 9.97 Å². The summed E-state index contributed by atoms with van der Waals surface area (Å²) in [6.45, 7) is -0.902. The first-order valence-corrected chi connectivity index (χ1v) is 5.61. The minimum Gasteiger partial charge on any atom is -0.382 e. The molecule has 0 saturated carbocycles. The van der Waals surface area contributed by atoms with E-state index in [0.29, 0.717) is 11.0 Å². The molecule has 1 heterocycles. The van der Waals surface area contributed by atoms with Crippen LogP contribution >= 0.6 is 0 Å². The summed E-state index contributed by atoms with van der Waals surface area (Å²) in [5.41, 5.74) is 1.17. The summed E-state index contributed by atoms with van der Waals surface area (Å²) in [6.07, 6.45) is -4.42. The number of hydrogen-bond acceptors (Lipinski definition) is 4. The molecule has 2 N–H and O–H groups in total. The molecule has 2 aromatic rings. The van der Waals surface area contributed by atoms with Crippen molar-refractivity contribution in [3.8, 4) is 0 Å². The molecule has 1 amide bonds. The van der Waals surface area contributed by atoms with E-state index in [1.54, 1.807) is 0 Å². The van der Waals surface area contributed by atoms with Crippen molar-refractivity contribution in [2.45, 2.75) is 12.3 Å². The van der Waals surface area contributed by atoms with Crippen LogP contribution in [0.3, 0.4) is 0 Å². The van der Waals surface area contributed by atoms with Crippen LogP contribution in [0.2, 0.25) is 0 Å². The van der Waals surface area contributed by atoms with Crippen LogP contribution in [0.5, 0.6) is 0 Å². The maximum Gasteiger partial charge on any atom is 0.416 e. The second-order valence-electron chi connectivity index (χ2n) is 4.03. The van der Waals surface area contributed by atoms with Gasteiger partial charge in [-0.1, -0.05) is 0 Å². The van der Waals surface area contributed by atoms with Crippen LogP contribution in [-0.4, -0.2) is 39.8 Å². The number of alkyl halides is 3. The van der Waals surface area contributed by atoms with Gasteiger partial charge >= 0.3 is 6.18 Å². The lowest BCUT2D eigenvalue weighted by atomic mass is 10.2. The number of rotatable bonds is 3. The molecule has 106 valence electrons. The van der Waals surface area contributed by atoms with Crippen molar-refractivity contribution in [3.05, 3.63) is 36.2 Å².